The number of hydrogen-bond acceptors (Lipinski definition) is 4. The molecule has 0 radical (unpaired) electrons. The zero-order valence-corrected chi connectivity index (χ0v) is 15.3. The molecule has 0 fully saturated rings. The quantitative estimate of drug-likeness (QED) is 0.823. The summed E-state index contributed by atoms with van der Waals surface area (Å²) in [5, 5.41) is 0. The lowest BCUT2D eigenvalue weighted by Gasteiger charge is -2.17. The van der Waals surface area contributed by atoms with Crippen molar-refractivity contribution in [1.29, 1.82) is 0 Å². The Bertz CT molecular complexity index is 1030. The fraction of sp³-hybridized carbons (Fsp3) is 0.294. The molecule has 0 saturated carbocycles. The number of nitrogens with one attached hydrogen (secondary N) is 1. The molecule has 2 aromatic rings. The molecular weight excluding hydrogens is 365 g/mol. The van der Waals surface area contributed by atoms with E-state index in [0.717, 1.165) is 61.3 Å². The maximum absolute atomic E-state index is 14.0. The Morgan fingerprint density at radius 1 is 0.880 bits per heavy atom. The molecular formula is C17H18FNO4S2. The van der Waals surface area contributed by atoms with Gasteiger partial charge in [-0.3, -0.25) is 4.72 Å². The van der Waals surface area contributed by atoms with Gasteiger partial charge in [0.25, 0.3) is 10.0 Å². The molecule has 8 heteroatoms. The topological polar surface area (TPSA) is 80.3 Å². The summed E-state index contributed by atoms with van der Waals surface area (Å²) in [5.74, 6) is -0.839. The second-order valence-corrected chi connectivity index (χ2v) is 9.86. The molecule has 0 aliphatic heterocycles. The van der Waals surface area contributed by atoms with Gasteiger partial charge in [0, 0.05) is 6.26 Å². The van der Waals surface area contributed by atoms with Crippen molar-refractivity contribution in [3.63, 3.8) is 0 Å². The van der Waals surface area contributed by atoms with E-state index in [1.165, 1.54) is 6.07 Å². The molecule has 0 saturated heterocycles. The summed E-state index contributed by atoms with van der Waals surface area (Å²) in [6, 6.07) is 7.90. The average molecular weight is 383 g/mol. The maximum Gasteiger partial charge on any atom is 0.261 e. The highest BCUT2D eigenvalue weighted by Crippen LogP contribution is 2.27. The third-order valence-electron chi connectivity index (χ3n) is 4.24. The van der Waals surface area contributed by atoms with E-state index >= 15 is 0 Å². The predicted molar refractivity (Wildman–Crippen MR) is 93.4 cm³/mol. The molecule has 0 aromatic heterocycles. The van der Waals surface area contributed by atoms with Crippen LogP contribution >= 0.6 is 0 Å². The Balaban J connectivity index is 1.97. The van der Waals surface area contributed by atoms with Crippen LogP contribution in [0.2, 0.25) is 0 Å². The zero-order valence-electron chi connectivity index (χ0n) is 13.6. The van der Waals surface area contributed by atoms with Crippen LogP contribution in [0.3, 0.4) is 0 Å². The van der Waals surface area contributed by atoms with E-state index in [0.29, 0.717) is 0 Å². The first-order chi connectivity index (χ1) is 11.7. The van der Waals surface area contributed by atoms with Crippen molar-refractivity contribution in [2.45, 2.75) is 35.5 Å². The van der Waals surface area contributed by atoms with Gasteiger partial charge in [0.15, 0.2) is 9.84 Å². The third-order valence-corrected chi connectivity index (χ3v) is 6.71. The number of benzene rings is 2. The van der Waals surface area contributed by atoms with Gasteiger partial charge in [-0.15, -0.1) is 0 Å². The lowest BCUT2D eigenvalue weighted by Crippen LogP contribution is -2.15. The van der Waals surface area contributed by atoms with Gasteiger partial charge in [0.2, 0.25) is 0 Å². The van der Waals surface area contributed by atoms with Crippen LogP contribution in [0.15, 0.2) is 46.2 Å². The molecule has 5 nitrogen and oxygen atoms in total. The molecule has 0 spiro atoms. The molecule has 1 aliphatic carbocycles. The van der Waals surface area contributed by atoms with Gasteiger partial charge in [-0.25, -0.2) is 21.2 Å². The average Bonchev–Trinajstić information content (AvgIpc) is 2.55. The molecule has 0 unspecified atom stereocenters. The van der Waals surface area contributed by atoms with E-state index in [4.69, 9.17) is 0 Å². The number of fused-ring (bicyclic) bond motifs is 1. The van der Waals surface area contributed by atoms with E-state index in [2.05, 4.69) is 4.72 Å². The largest absolute Gasteiger partial charge is 0.277 e. The Hall–Kier alpha value is -1.93. The number of sulfone groups is 1. The first kappa shape index (κ1) is 17.9. The highest BCUT2D eigenvalue weighted by Gasteiger charge is 2.20. The van der Waals surface area contributed by atoms with Crippen molar-refractivity contribution in [3.05, 3.63) is 53.3 Å². The van der Waals surface area contributed by atoms with Gasteiger partial charge in [-0.05, 0) is 67.1 Å². The van der Waals surface area contributed by atoms with Gasteiger partial charge < -0.3 is 0 Å². The Kier molecular flexibility index (Phi) is 4.59. The van der Waals surface area contributed by atoms with Crippen molar-refractivity contribution >= 4 is 25.5 Å². The Labute approximate surface area is 146 Å². The molecule has 1 aliphatic rings. The summed E-state index contributed by atoms with van der Waals surface area (Å²) >= 11 is 0. The zero-order chi connectivity index (χ0) is 18.2. The summed E-state index contributed by atoms with van der Waals surface area (Å²) in [7, 11) is -7.59. The third kappa shape index (κ3) is 3.85. The highest BCUT2D eigenvalue weighted by molar-refractivity contribution is 7.92. The molecule has 0 atom stereocenters. The first-order valence-electron chi connectivity index (χ1n) is 7.81. The number of anilines is 1. The van der Waals surface area contributed by atoms with Gasteiger partial charge in [0.05, 0.1) is 15.5 Å². The fourth-order valence-electron chi connectivity index (χ4n) is 2.89. The lowest BCUT2D eigenvalue weighted by atomic mass is 9.92. The SMILES string of the molecule is CS(=O)(=O)c1ccc(F)c(NS(=O)(=O)c2ccc3c(c2)CCCC3)c1. The summed E-state index contributed by atoms with van der Waals surface area (Å²) in [5.41, 5.74) is 1.73. The summed E-state index contributed by atoms with van der Waals surface area (Å²) in [6.45, 7) is 0. The van der Waals surface area contributed by atoms with Crippen LogP contribution in [0.4, 0.5) is 10.1 Å². The van der Waals surface area contributed by atoms with Crippen molar-refractivity contribution in [2.24, 2.45) is 0 Å². The number of aryl methyl sites for hydroxylation is 2. The van der Waals surface area contributed by atoms with Crippen molar-refractivity contribution in [2.75, 3.05) is 11.0 Å². The Morgan fingerprint density at radius 2 is 1.52 bits per heavy atom. The van der Waals surface area contributed by atoms with Crippen LogP contribution in [0.5, 0.6) is 0 Å². The molecule has 0 heterocycles. The van der Waals surface area contributed by atoms with Crippen molar-refractivity contribution in [3.8, 4) is 0 Å². The molecule has 0 bridgehead atoms. The van der Waals surface area contributed by atoms with Crippen LogP contribution in [0.25, 0.3) is 0 Å². The van der Waals surface area contributed by atoms with Crippen LogP contribution in [0, 0.1) is 5.82 Å². The van der Waals surface area contributed by atoms with E-state index in [1.807, 2.05) is 0 Å². The van der Waals surface area contributed by atoms with Crippen LogP contribution < -0.4 is 4.72 Å². The minimum atomic E-state index is -4.02. The first-order valence-corrected chi connectivity index (χ1v) is 11.2. The summed E-state index contributed by atoms with van der Waals surface area (Å²) in [4.78, 5) is -0.116. The number of hydrogen-bond donors (Lipinski definition) is 1. The highest BCUT2D eigenvalue weighted by atomic mass is 32.2. The van der Waals surface area contributed by atoms with Gasteiger partial charge >= 0.3 is 0 Å². The minimum absolute atomic E-state index is 0.0392. The maximum atomic E-state index is 14.0. The number of rotatable bonds is 4. The van der Waals surface area contributed by atoms with E-state index < -0.39 is 25.7 Å². The van der Waals surface area contributed by atoms with Crippen molar-refractivity contribution in [1.82, 2.24) is 0 Å². The van der Waals surface area contributed by atoms with Crippen LogP contribution in [-0.4, -0.2) is 23.1 Å². The second kappa shape index (κ2) is 6.42. The summed E-state index contributed by atoms with van der Waals surface area (Å²) in [6.07, 6.45) is 4.81. The van der Waals surface area contributed by atoms with Crippen LogP contribution in [0.1, 0.15) is 24.0 Å². The number of sulfonamides is 1. The molecule has 3 rings (SSSR count). The lowest BCUT2D eigenvalue weighted by molar-refractivity contribution is 0.595. The molecule has 25 heavy (non-hydrogen) atoms. The van der Waals surface area contributed by atoms with Gasteiger partial charge in [-0.1, -0.05) is 6.07 Å². The smallest absolute Gasteiger partial charge is 0.261 e. The Morgan fingerprint density at radius 3 is 2.20 bits per heavy atom. The molecule has 2 aromatic carbocycles. The van der Waals surface area contributed by atoms with E-state index in [9.17, 15) is 21.2 Å². The minimum Gasteiger partial charge on any atom is -0.277 e. The molecule has 134 valence electrons. The van der Waals surface area contributed by atoms with Gasteiger partial charge in [-0.2, -0.15) is 0 Å². The van der Waals surface area contributed by atoms with E-state index in [-0.39, 0.29) is 15.5 Å². The normalized spacial score (nSPS) is 14.8. The second-order valence-electron chi connectivity index (χ2n) is 6.16. The summed E-state index contributed by atoms with van der Waals surface area (Å²) < 4.78 is 64.4. The van der Waals surface area contributed by atoms with Crippen molar-refractivity contribution < 1.29 is 21.2 Å². The van der Waals surface area contributed by atoms with Crippen LogP contribution in [-0.2, 0) is 32.7 Å². The van der Waals surface area contributed by atoms with E-state index in [1.54, 1.807) is 12.1 Å². The fourth-order valence-corrected chi connectivity index (χ4v) is 4.65. The van der Waals surface area contributed by atoms with Gasteiger partial charge in [0.1, 0.15) is 5.82 Å². The monoisotopic (exact) mass is 383 g/mol. The standard InChI is InChI=1S/C17H18FNO4S2/c1-24(20,21)14-8-9-16(18)17(11-14)19-25(22,23)15-7-6-12-4-2-3-5-13(12)10-15/h6-11,19H,2-5H2,1H3. The molecule has 0 amide bonds. The number of halogens is 1. The molecule has 1 N–H and O–H groups in total. The predicted octanol–water partition coefficient (Wildman–Crippen LogP) is 2.91.